The lowest BCUT2D eigenvalue weighted by molar-refractivity contribution is -0.138. The van der Waals surface area contributed by atoms with Crippen LogP contribution in [0.5, 0.6) is 0 Å². The van der Waals surface area contributed by atoms with E-state index in [1.54, 1.807) is 16.8 Å². The van der Waals surface area contributed by atoms with Gasteiger partial charge in [0.15, 0.2) is 0 Å². The molecule has 0 spiro atoms. The van der Waals surface area contributed by atoms with Crippen molar-refractivity contribution in [2.75, 3.05) is 10.6 Å². The molecule has 1 saturated carbocycles. The number of hydrogen-bond acceptors (Lipinski definition) is 5. The van der Waals surface area contributed by atoms with E-state index in [4.69, 9.17) is 5.11 Å². The van der Waals surface area contributed by atoms with Crippen LogP contribution in [0, 0.1) is 5.92 Å². The molecule has 1 fully saturated rings. The number of carbonyl (C=O) groups is 3. The van der Waals surface area contributed by atoms with E-state index >= 15 is 0 Å². The van der Waals surface area contributed by atoms with Crippen molar-refractivity contribution in [2.24, 2.45) is 5.92 Å². The molecule has 1 unspecified atom stereocenters. The normalized spacial score (nSPS) is 14.4. The summed E-state index contributed by atoms with van der Waals surface area (Å²) in [5.41, 5.74) is -0.0133. The molecule has 10 nitrogen and oxygen atoms in total. The second-order valence-corrected chi connectivity index (χ2v) is 11.5. The summed E-state index contributed by atoms with van der Waals surface area (Å²) in [5, 5.41) is 16.7. The molecule has 236 valence electrons. The fourth-order valence-corrected chi connectivity index (χ4v) is 5.45. The lowest BCUT2D eigenvalue weighted by Crippen LogP contribution is -2.31. The predicted molar refractivity (Wildman–Crippen MR) is 158 cm³/mol. The second kappa shape index (κ2) is 14.4. The smallest absolute Gasteiger partial charge is 0.418 e. The van der Waals surface area contributed by atoms with Crippen LogP contribution in [-0.2, 0) is 28.7 Å². The maximum absolute atomic E-state index is 14.1. The van der Waals surface area contributed by atoms with Crippen molar-refractivity contribution in [2.45, 2.75) is 83.5 Å². The van der Waals surface area contributed by atoms with Gasteiger partial charge in [-0.15, -0.1) is 0 Å². The highest BCUT2D eigenvalue weighted by molar-refractivity contribution is 6.00. The zero-order chi connectivity index (χ0) is 31.9. The molecule has 1 aromatic carbocycles. The molecule has 3 aromatic rings. The first-order valence-corrected chi connectivity index (χ1v) is 14.6. The molecule has 44 heavy (non-hydrogen) atoms. The van der Waals surface area contributed by atoms with Crippen LogP contribution < -0.4 is 16.0 Å². The van der Waals surface area contributed by atoms with Gasteiger partial charge >= 0.3 is 18.2 Å². The van der Waals surface area contributed by atoms with Crippen molar-refractivity contribution in [3.05, 3.63) is 71.4 Å². The number of rotatable bonds is 12. The highest BCUT2D eigenvalue weighted by Gasteiger charge is 2.34. The van der Waals surface area contributed by atoms with E-state index in [-0.39, 0.29) is 36.8 Å². The minimum absolute atomic E-state index is 0.0876. The van der Waals surface area contributed by atoms with Crippen molar-refractivity contribution < 1.29 is 32.7 Å². The van der Waals surface area contributed by atoms with E-state index < -0.39 is 41.4 Å². The minimum atomic E-state index is -4.79. The number of hydrogen-bond donors (Lipinski definition) is 4. The van der Waals surface area contributed by atoms with Crippen molar-refractivity contribution in [3.8, 4) is 0 Å². The topological polar surface area (TPSA) is 138 Å². The Morgan fingerprint density at radius 3 is 2.52 bits per heavy atom. The van der Waals surface area contributed by atoms with E-state index in [0.717, 1.165) is 43.4 Å². The number of pyridine rings is 1. The molecule has 3 amide bonds. The number of aromatic nitrogens is 3. The van der Waals surface area contributed by atoms with Crippen molar-refractivity contribution in [3.63, 3.8) is 0 Å². The SMILES string of the molecule is CC(C)CC(NC(=O)Cc1ccc(NC(=O)Nc2ncccc2C2CCCC2)c(C(F)(F)F)c1)c1cn(CCC(=O)O)cn1. The molecular weight excluding hydrogens is 577 g/mol. The van der Waals surface area contributed by atoms with E-state index in [0.29, 0.717) is 17.9 Å². The zero-order valence-corrected chi connectivity index (χ0v) is 24.7. The fourth-order valence-electron chi connectivity index (χ4n) is 5.45. The van der Waals surface area contributed by atoms with Gasteiger partial charge in [0.25, 0.3) is 0 Å². The first-order chi connectivity index (χ1) is 20.9. The fraction of sp³-hybridized carbons (Fsp3) is 0.452. The number of nitrogens with zero attached hydrogens (tertiary/aromatic N) is 3. The van der Waals surface area contributed by atoms with Crippen molar-refractivity contribution in [1.29, 1.82) is 0 Å². The number of anilines is 2. The van der Waals surface area contributed by atoms with Gasteiger partial charge in [0.2, 0.25) is 5.91 Å². The maximum Gasteiger partial charge on any atom is 0.418 e. The van der Waals surface area contributed by atoms with E-state index in [9.17, 15) is 27.6 Å². The number of carboxylic acids is 1. The Morgan fingerprint density at radius 1 is 1.09 bits per heavy atom. The first-order valence-electron chi connectivity index (χ1n) is 14.6. The standard InChI is InChI=1S/C31H37F3N6O4/c1-19(2)14-25(26-17-40(18-36-26)13-11-28(42)43)37-27(41)16-20-9-10-24(23(15-20)31(32,33)34)38-30(44)39-29-22(8-5-12-35-29)21-6-3-4-7-21/h5,8-10,12,15,17-19,21,25H,3-4,6-7,11,13-14,16H2,1-2H3,(H,37,41)(H,42,43)(H2,35,38,39,44). The summed E-state index contributed by atoms with van der Waals surface area (Å²) in [6.07, 6.45) is 4.04. The van der Waals surface area contributed by atoms with Crippen LogP contribution in [0.2, 0.25) is 0 Å². The summed E-state index contributed by atoms with van der Waals surface area (Å²) in [4.78, 5) is 45.2. The number of nitrogens with one attached hydrogen (secondary N) is 3. The minimum Gasteiger partial charge on any atom is -0.481 e. The van der Waals surface area contributed by atoms with Gasteiger partial charge in [-0.2, -0.15) is 13.2 Å². The Bertz CT molecular complexity index is 1470. The van der Waals surface area contributed by atoms with Crippen LogP contribution in [0.4, 0.5) is 29.5 Å². The summed E-state index contributed by atoms with van der Waals surface area (Å²) in [7, 11) is 0. The Labute approximate surface area is 253 Å². The van der Waals surface area contributed by atoms with Crippen LogP contribution in [0.15, 0.2) is 49.1 Å². The summed E-state index contributed by atoms with van der Waals surface area (Å²) in [5.74, 6) is -0.728. The molecule has 0 bridgehead atoms. The summed E-state index contributed by atoms with van der Waals surface area (Å²) in [6, 6.07) is 5.64. The lowest BCUT2D eigenvalue weighted by Gasteiger charge is -2.20. The van der Waals surface area contributed by atoms with Crippen molar-refractivity contribution >= 4 is 29.4 Å². The highest BCUT2D eigenvalue weighted by Crippen LogP contribution is 2.38. The van der Waals surface area contributed by atoms with Gasteiger partial charge < -0.3 is 20.3 Å². The average Bonchev–Trinajstić information content (AvgIpc) is 3.65. The number of aliphatic carboxylic acids is 1. The Morgan fingerprint density at radius 2 is 1.84 bits per heavy atom. The second-order valence-electron chi connectivity index (χ2n) is 11.5. The molecule has 2 heterocycles. The first kappa shape index (κ1) is 32.5. The molecule has 1 aliphatic rings. The third-order valence-electron chi connectivity index (χ3n) is 7.50. The molecule has 4 rings (SSSR count). The molecule has 1 aliphatic carbocycles. The number of imidazole rings is 1. The van der Waals surface area contributed by atoms with Gasteiger partial charge in [-0.25, -0.2) is 14.8 Å². The lowest BCUT2D eigenvalue weighted by atomic mass is 9.98. The molecule has 1 atom stereocenters. The highest BCUT2D eigenvalue weighted by atomic mass is 19.4. The molecular formula is C31H37F3N6O4. The number of alkyl halides is 3. The van der Waals surface area contributed by atoms with Gasteiger partial charge in [0.1, 0.15) is 5.82 Å². The van der Waals surface area contributed by atoms with Crippen LogP contribution >= 0.6 is 0 Å². The Kier molecular flexibility index (Phi) is 10.6. The van der Waals surface area contributed by atoms with Gasteiger partial charge in [-0.1, -0.05) is 38.8 Å². The number of halogens is 3. The third-order valence-corrected chi connectivity index (χ3v) is 7.50. The number of urea groups is 1. The van der Waals surface area contributed by atoms with E-state index in [1.807, 2.05) is 19.9 Å². The van der Waals surface area contributed by atoms with Gasteiger partial charge in [0.05, 0.1) is 42.2 Å². The number of aryl methyl sites for hydroxylation is 1. The monoisotopic (exact) mass is 614 g/mol. The molecule has 2 aromatic heterocycles. The van der Waals surface area contributed by atoms with Crippen LogP contribution in [0.1, 0.15) is 86.7 Å². The Balaban J connectivity index is 1.45. The van der Waals surface area contributed by atoms with Gasteiger partial charge in [0, 0.05) is 18.9 Å². The van der Waals surface area contributed by atoms with Gasteiger partial charge in [-0.3, -0.25) is 14.9 Å². The number of amides is 3. The Hall–Kier alpha value is -4.42. The molecule has 13 heteroatoms. The van der Waals surface area contributed by atoms with Crippen LogP contribution in [0.25, 0.3) is 0 Å². The van der Waals surface area contributed by atoms with E-state index in [1.165, 1.54) is 18.6 Å². The number of carboxylic acid groups (broad SMARTS) is 1. The maximum atomic E-state index is 14.1. The van der Waals surface area contributed by atoms with Crippen LogP contribution in [-0.4, -0.2) is 37.5 Å². The van der Waals surface area contributed by atoms with Crippen molar-refractivity contribution in [1.82, 2.24) is 19.9 Å². The van der Waals surface area contributed by atoms with Gasteiger partial charge in [-0.05, 0) is 60.4 Å². The zero-order valence-electron chi connectivity index (χ0n) is 24.7. The summed E-state index contributed by atoms with van der Waals surface area (Å²) < 4.78 is 43.8. The third kappa shape index (κ3) is 9.04. The molecule has 0 aliphatic heterocycles. The van der Waals surface area contributed by atoms with Crippen LogP contribution in [0.3, 0.4) is 0 Å². The number of benzene rings is 1. The van der Waals surface area contributed by atoms with E-state index in [2.05, 4.69) is 25.9 Å². The summed E-state index contributed by atoms with van der Waals surface area (Å²) >= 11 is 0. The summed E-state index contributed by atoms with van der Waals surface area (Å²) in [6.45, 7) is 4.13. The number of carbonyl (C=O) groups excluding carboxylic acids is 2. The molecule has 4 N–H and O–H groups in total. The predicted octanol–water partition coefficient (Wildman–Crippen LogP) is 6.52. The quantitative estimate of drug-likeness (QED) is 0.183. The largest absolute Gasteiger partial charge is 0.481 e. The molecule has 0 radical (unpaired) electrons. The average molecular weight is 615 g/mol. The molecule has 0 saturated heterocycles.